The van der Waals surface area contributed by atoms with Gasteiger partial charge in [-0.2, -0.15) is 0 Å². The monoisotopic (exact) mass is 423 g/mol. The number of phenolic OH excluding ortho intramolecular Hbond substituents is 1. The lowest BCUT2D eigenvalue weighted by Gasteiger charge is -2.15. The zero-order valence-electron chi connectivity index (χ0n) is 16.1. The van der Waals surface area contributed by atoms with Crippen molar-refractivity contribution in [1.82, 2.24) is 16.0 Å². The molecular weight excluding hydrogens is 398 g/mol. The molecule has 1 rings (SSSR count). The van der Waals surface area contributed by atoms with E-state index in [-0.39, 0.29) is 25.0 Å². The minimum Gasteiger partial charge on any atom is -0.508 e. The van der Waals surface area contributed by atoms with Crippen molar-refractivity contribution in [2.45, 2.75) is 31.3 Å². The van der Waals surface area contributed by atoms with Crippen LogP contribution >= 0.6 is 0 Å². The molecule has 4 amide bonds. The Balaban J connectivity index is 2.39. The number of hydrogen-bond acceptors (Lipinski definition) is 7. The van der Waals surface area contributed by atoms with Crippen molar-refractivity contribution in [2.75, 3.05) is 13.1 Å². The molecule has 0 saturated carbocycles. The predicted octanol–water partition coefficient (Wildman–Crippen LogP) is -2.67. The molecule has 164 valence electrons. The van der Waals surface area contributed by atoms with Gasteiger partial charge in [0.25, 0.3) is 0 Å². The van der Waals surface area contributed by atoms with Crippen molar-refractivity contribution in [3.8, 4) is 5.75 Å². The van der Waals surface area contributed by atoms with E-state index in [2.05, 4.69) is 16.0 Å². The molecule has 0 saturated heterocycles. The molecule has 0 unspecified atom stereocenters. The smallest absolute Gasteiger partial charge is 0.326 e. The standard InChI is InChI=1S/C18H25N5O7/c19-12(5-6-14(20)25)17(28)22-8-15(26)21-9-16(27)23-13(18(29)30)7-10-1-3-11(24)4-2-10/h1-4,12-13,24H,5-9,19H2,(H2,20,25)(H,21,26)(H,22,28)(H,23,27)(H,29,30)/t12-,13-/m0/s1. The van der Waals surface area contributed by atoms with Gasteiger partial charge in [0.15, 0.2) is 0 Å². The molecule has 2 atom stereocenters. The molecule has 12 nitrogen and oxygen atoms in total. The van der Waals surface area contributed by atoms with Crippen LogP contribution < -0.4 is 27.4 Å². The Morgan fingerprint density at radius 1 is 0.967 bits per heavy atom. The summed E-state index contributed by atoms with van der Waals surface area (Å²) in [5.74, 6) is -3.92. The fourth-order valence-corrected chi connectivity index (χ4v) is 2.28. The van der Waals surface area contributed by atoms with Gasteiger partial charge in [-0.05, 0) is 24.1 Å². The Kier molecular flexibility index (Phi) is 9.76. The third kappa shape index (κ3) is 9.50. The van der Waals surface area contributed by atoms with Crippen LogP contribution in [0.15, 0.2) is 24.3 Å². The maximum atomic E-state index is 11.9. The lowest BCUT2D eigenvalue weighted by molar-refractivity contribution is -0.141. The average molecular weight is 423 g/mol. The normalized spacial score (nSPS) is 12.3. The number of amides is 4. The number of phenols is 1. The first-order chi connectivity index (χ1) is 14.1. The lowest BCUT2D eigenvalue weighted by atomic mass is 10.1. The van der Waals surface area contributed by atoms with E-state index in [1.165, 1.54) is 24.3 Å². The Bertz CT molecular complexity index is 782. The van der Waals surface area contributed by atoms with Crippen LogP contribution in [0.2, 0.25) is 0 Å². The highest BCUT2D eigenvalue weighted by Gasteiger charge is 2.21. The Morgan fingerprint density at radius 3 is 2.13 bits per heavy atom. The third-order valence-electron chi connectivity index (χ3n) is 3.92. The first-order valence-corrected chi connectivity index (χ1v) is 8.97. The van der Waals surface area contributed by atoms with Crippen LogP contribution in [-0.2, 0) is 30.4 Å². The predicted molar refractivity (Wildman–Crippen MR) is 104 cm³/mol. The van der Waals surface area contributed by atoms with Gasteiger partial charge in [-0.25, -0.2) is 4.79 Å². The number of carbonyl (C=O) groups is 5. The molecular formula is C18H25N5O7. The Labute approximate surface area is 172 Å². The molecule has 0 bridgehead atoms. The molecule has 9 N–H and O–H groups in total. The van der Waals surface area contributed by atoms with Crippen molar-refractivity contribution >= 4 is 29.6 Å². The quantitative estimate of drug-likeness (QED) is 0.188. The number of rotatable bonds is 12. The van der Waals surface area contributed by atoms with Crippen molar-refractivity contribution in [1.29, 1.82) is 0 Å². The number of aromatic hydroxyl groups is 1. The van der Waals surface area contributed by atoms with Crippen molar-refractivity contribution < 1.29 is 34.2 Å². The van der Waals surface area contributed by atoms with E-state index in [1.54, 1.807) is 0 Å². The van der Waals surface area contributed by atoms with Gasteiger partial charge in [0, 0.05) is 12.8 Å². The van der Waals surface area contributed by atoms with E-state index < -0.39 is 54.8 Å². The summed E-state index contributed by atoms with van der Waals surface area (Å²) >= 11 is 0. The maximum Gasteiger partial charge on any atom is 0.326 e. The zero-order chi connectivity index (χ0) is 22.7. The second kappa shape index (κ2) is 12.0. The second-order valence-electron chi connectivity index (χ2n) is 6.43. The molecule has 1 aromatic carbocycles. The van der Waals surface area contributed by atoms with Crippen molar-refractivity contribution in [3.63, 3.8) is 0 Å². The van der Waals surface area contributed by atoms with Crippen LogP contribution in [0.5, 0.6) is 5.75 Å². The van der Waals surface area contributed by atoms with Crippen LogP contribution in [0.4, 0.5) is 0 Å². The average Bonchev–Trinajstić information content (AvgIpc) is 2.69. The minimum atomic E-state index is -1.26. The lowest BCUT2D eigenvalue weighted by Crippen LogP contribution is -2.49. The second-order valence-corrected chi connectivity index (χ2v) is 6.43. The fourth-order valence-electron chi connectivity index (χ4n) is 2.28. The van der Waals surface area contributed by atoms with E-state index in [0.717, 1.165) is 0 Å². The number of nitrogens with two attached hydrogens (primary N) is 2. The van der Waals surface area contributed by atoms with E-state index in [9.17, 15) is 34.2 Å². The third-order valence-corrected chi connectivity index (χ3v) is 3.92. The summed E-state index contributed by atoms with van der Waals surface area (Å²) in [6.45, 7) is -0.950. The molecule has 0 aliphatic rings. The number of primary amides is 1. The maximum absolute atomic E-state index is 11.9. The number of benzene rings is 1. The molecule has 1 aromatic rings. The molecule has 0 aliphatic carbocycles. The van der Waals surface area contributed by atoms with Gasteiger partial charge in [-0.3, -0.25) is 19.2 Å². The topological polar surface area (TPSA) is 214 Å². The van der Waals surface area contributed by atoms with Gasteiger partial charge >= 0.3 is 5.97 Å². The van der Waals surface area contributed by atoms with E-state index >= 15 is 0 Å². The van der Waals surface area contributed by atoms with Crippen LogP contribution in [0.3, 0.4) is 0 Å². The van der Waals surface area contributed by atoms with E-state index in [0.29, 0.717) is 5.56 Å². The molecule has 0 aromatic heterocycles. The first-order valence-electron chi connectivity index (χ1n) is 8.97. The van der Waals surface area contributed by atoms with Gasteiger partial charge in [-0.1, -0.05) is 12.1 Å². The zero-order valence-corrected chi connectivity index (χ0v) is 16.1. The van der Waals surface area contributed by atoms with Crippen LogP contribution in [-0.4, -0.2) is 65.0 Å². The summed E-state index contributed by atoms with van der Waals surface area (Å²) in [5, 5.41) is 25.3. The summed E-state index contributed by atoms with van der Waals surface area (Å²) in [5.41, 5.74) is 11.1. The molecule has 0 radical (unpaired) electrons. The number of nitrogens with one attached hydrogen (secondary N) is 3. The van der Waals surface area contributed by atoms with Gasteiger partial charge in [0.05, 0.1) is 19.1 Å². The van der Waals surface area contributed by atoms with E-state index in [4.69, 9.17) is 11.5 Å². The Morgan fingerprint density at radius 2 is 1.57 bits per heavy atom. The largest absolute Gasteiger partial charge is 0.508 e. The van der Waals surface area contributed by atoms with Crippen molar-refractivity contribution in [3.05, 3.63) is 29.8 Å². The highest BCUT2D eigenvalue weighted by Crippen LogP contribution is 2.11. The molecule has 0 aliphatic heterocycles. The number of carboxylic acid groups (broad SMARTS) is 1. The Hall–Kier alpha value is -3.67. The van der Waals surface area contributed by atoms with Gasteiger partial charge in [0.1, 0.15) is 11.8 Å². The SMILES string of the molecule is NC(=O)CC[C@H](N)C(=O)NCC(=O)NCC(=O)N[C@@H](Cc1ccc(O)cc1)C(=O)O. The summed E-state index contributed by atoms with van der Waals surface area (Å²) < 4.78 is 0. The molecule has 30 heavy (non-hydrogen) atoms. The number of hydrogen-bond donors (Lipinski definition) is 7. The van der Waals surface area contributed by atoms with Gasteiger partial charge in [-0.15, -0.1) is 0 Å². The summed E-state index contributed by atoms with van der Waals surface area (Å²) in [4.78, 5) is 57.3. The summed E-state index contributed by atoms with van der Waals surface area (Å²) in [7, 11) is 0. The fraction of sp³-hybridized carbons (Fsp3) is 0.389. The number of carboxylic acids is 1. The highest BCUT2D eigenvalue weighted by atomic mass is 16.4. The van der Waals surface area contributed by atoms with Crippen molar-refractivity contribution in [2.24, 2.45) is 11.5 Å². The highest BCUT2D eigenvalue weighted by molar-refractivity contribution is 5.91. The first kappa shape index (κ1) is 24.4. The summed E-state index contributed by atoms with van der Waals surface area (Å²) in [6, 6.07) is 3.59. The number of carbonyl (C=O) groups excluding carboxylic acids is 4. The van der Waals surface area contributed by atoms with Gasteiger partial charge in [0.2, 0.25) is 23.6 Å². The number of aliphatic carboxylic acids is 1. The molecule has 0 spiro atoms. The van der Waals surface area contributed by atoms with Crippen LogP contribution in [0.25, 0.3) is 0 Å². The van der Waals surface area contributed by atoms with E-state index in [1.807, 2.05) is 0 Å². The van der Waals surface area contributed by atoms with Crippen LogP contribution in [0.1, 0.15) is 18.4 Å². The van der Waals surface area contributed by atoms with Crippen LogP contribution in [0, 0.1) is 0 Å². The molecule has 12 heteroatoms. The minimum absolute atomic E-state index is 0.0193. The summed E-state index contributed by atoms with van der Waals surface area (Å²) in [6.07, 6.45) is -0.0623. The molecule has 0 heterocycles. The molecule has 0 fully saturated rings. The van der Waals surface area contributed by atoms with Gasteiger partial charge < -0.3 is 37.6 Å².